The van der Waals surface area contributed by atoms with E-state index in [4.69, 9.17) is 28.0 Å². The van der Waals surface area contributed by atoms with Crippen molar-refractivity contribution in [2.24, 2.45) is 27.9 Å². The largest absolute Gasteiger partial charge is 0.481 e. The van der Waals surface area contributed by atoms with Gasteiger partial charge in [-0.05, 0) is 25.7 Å². The summed E-state index contributed by atoms with van der Waals surface area (Å²) in [6.45, 7) is 0.213. The van der Waals surface area contributed by atoms with Crippen molar-refractivity contribution in [3.05, 3.63) is 0 Å². The fourth-order valence-corrected chi connectivity index (χ4v) is 3.49. The topological polar surface area (TPSA) is 287 Å². The van der Waals surface area contributed by atoms with Crippen LogP contribution in [0.4, 0.5) is 0 Å². The third-order valence-electron chi connectivity index (χ3n) is 5.15. The number of nitrogens with zero attached hydrogens (tertiary/aromatic N) is 2. The molecule has 1 heterocycles. The molecule has 0 spiro atoms. The Labute approximate surface area is 200 Å². The number of carbonyl (C=O) groups is 6. The molecular weight excluding hydrogens is 468 g/mol. The van der Waals surface area contributed by atoms with E-state index in [1.54, 1.807) is 0 Å². The third kappa shape index (κ3) is 9.83. The van der Waals surface area contributed by atoms with Crippen LogP contribution in [-0.4, -0.2) is 93.9 Å². The molecule has 1 rings (SSSR count). The highest BCUT2D eigenvalue weighted by Gasteiger charge is 2.39. The Morgan fingerprint density at radius 3 is 2.14 bits per heavy atom. The third-order valence-corrected chi connectivity index (χ3v) is 5.15. The van der Waals surface area contributed by atoms with E-state index in [9.17, 15) is 33.9 Å². The zero-order chi connectivity index (χ0) is 26.7. The van der Waals surface area contributed by atoms with Crippen LogP contribution < -0.4 is 33.6 Å². The zero-order valence-corrected chi connectivity index (χ0v) is 19.0. The van der Waals surface area contributed by atoms with Gasteiger partial charge in [0.2, 0.25) is 23.6 Å². The fourth-order valence-electron chi connectivity index (χ4n) is 3.49. The standard InChI is InChI=1S/C19H32N8O8/c20-9(7-14(29)30)15(31)25-10(3-1-5-24-19(22)23)16(32)26-11(8-13(21)28)17(33)27-6-2-4-12(27)18(34)35/h9-12H,1-8,20H2,(H2,21,28)(H,25,31)(H,26,32)(H,29,30)(H,34,35)(H4,22,23,24). The molecule has 1 aliphatic rings. The minimum absolute atomic E-state index is 0.0346. The molecule has 0 aromatic heterocycles. The smallest absolute Gasteiger partial charge is 0.326 e. The van der Waals surface area contributed by atoms with Gasteiger partial charge in [0.15, 0.2) is 5.96 Å². The first kappa shape index (κ1) is 29.1. The second kappa shape index (κ2) is 13.7. The van der Waals surface area contributed by atoms with Crippen LogP contribution >= 0.6 is 0 Å². The first-order chi connectivity index (χ1) is 16.3. The zero-order valence-electron chi connectivity index (χ0n) is 19.0. The summed E-state index contributed by atoms with van der Waals surface area (Å²) in [6.07, 6.45) is -0.504. The van der Waals surface area contributed by atoms with E-state index in [1.807, 2.05) is 0 Å². The van der Waals surface area contributed by atoms with E-state index in [0.29, 0.717) is 6.42 Å². The van der Waals surface area contributed by atoms with E-state index in [0.717, 1.165) is 4.90 Å². The molecule has 35 heavy (non-hydrogen) atoms. The Kier molecular flexibility index (Phi) is 11.4. The monoisotopic (exact) mass is 500 g/mol. The summed E-state index contributed by atoms with van der Waals surface area (Å²) in [4.78, 5) is 76.9. The molecule has 16 heteroatoms. The quantitative estimate of drug-likeness (QED) is 0.0642. The summed E-state index contributed by atoms with van der Waals surface area (Å²) in [5.74, 6) is -6.30. The van der Waals surface area contributed by atoms with Gasteiger partial charge in [0.25, 0.3) is 0 Å². The first-order valence-electron chi connectivity index (χ1n) is 10.8. The van der Waals surface area contributed by atoms with Gasteiger partial charge < -0.3 is 48.7 Å². The minimum Gasteiger partial charge on any atom is -0.481 e. The molecule has 1 saturated heterocycles. The molecule has 0 aromatic carbocycles. The van der Waals surface area contributed by atoms with Gasteiger partial charge in [-0.1, -0.05) is 0 Å². The Balaban J connectivity index is 3.04. The summed E-state index contributed by atoms with van der Waals surface area (Å²) in [5.41, 5.74) is 21.3. The molecule has 0 aromatic rings. The lowest BCUT2D eigenvalue weighted by Crippen LogP contribution is -2.57. The van der Waals surface area contributed by atoms with E-state index in [-0.39, 0.29) is 38.3 Å². The SMILES string of the molecule is NC(=O)CC(NC(=O)C(CCCN=C(N)N)NC(=O)C(N)CC(=O)O)C(=O)N1CCCC1C(=O)O. The molecule has 0 bridgehead atoms. The number of nitrogens with one attached hydrogen (secondary N) is 2. The van der Waals surface area contributed by atoms with Crippen LogP contribution in [0.25, 0.3) is 0 Å². The van der Waals surface area contributed by atoms with Crippen LogP contribution in [0.15, 0.2) is 4.99 Å². The van der Waals surface area contributed by atoms with Crippen molar-refractivity contribution >= 4 is 41.5 Å². The highest BCUT2D eigenvalue weighted by molar-refractivity contribution is 5.96. The van der Waals surface area contributed by atoms with Gasteiger partial charge in [-0.3, -0.25) is 29.0 Å². The highest BCUT2D eigenvalue weighted by atomic mass is 16.4. The Bertz CT molecular complexity index is 860. The van der Waals surface area contributed by atoms with Crippen molar-refractivity contribution in [2.45, 2.75) is 62.7 Å². The van der Waals surface area contributed by atoms with Crippen LogP contribution in [0.2, 0.25) is 0 Å². The van der Waals surface area contributed by atoms with Gasteiger partial charge in [-0.15, -0.1) is 0 Å². The number of hydrogen-bond acceptors (Lipinski definition) is 8. The summed E-state index contributed by atoms with van der Waals surface area (Å²) in [5, 5.41) is 22.8. The van der Waals surface area contributed by atoms with Crippen molar-refractivity contribution < 1.29 is 39.0 Å². The van der Waals surface area contributed by atoms with Crippen LogP contribution in [0, 0.1) is 0 Å². The number of rotatable bonds is 14. The molecule has 4 unspecified atom stereocenters. The predicted molar refractivity (Wildman–Crippen MR) is 120 cm³/mol. The number of hydrogen-bond donors (Lipinski definition) is 8. The lowest BCUT2D eigenvalue weighted by atomic mass is 10.1. The number of nitrogens with two attached hydrogens (primary N) is 4. The molecule has 0 aliphatic carbocycles. The molecule has 16 nitrogen and oxygen atoms in total. The number of primary amides is 1. The first-order valence-corrected chi connectivity index (χ1v) is 10.8. The molecule has 0 saturated carbocycles. The average Bonchev–Trinajstić information content (AvgIpc) is 3.23. The van der Waals surface area contributed by atoms with Crippen molar-refractivity contribution in [1.29, 1.82) is 0 Å². The minimum atomic E-state index is -1.48. The summed E-state index contributed by atoms with van der Waals surface area (Å²) >= 11 is 0. The molecule has 0 radical (unpaired) electrons. The molecule has 196 valence electrons. The van der Waals surface area contributed by atoms with Crippen molar-refractivity contribution in [3.63, 3.8) is 0 Å². The normalized spacial score (nSPS) is 17.5. The van der Waals surface area contributed by atoms with E-state index >= 15 is 0 Å². The summed E-state index contributed by atoms with van der Waals surface area (Å²) in [6, 6.07) is -5.35. The van der Waals surface area contributed by atoms with Crippen molar-refractivity contribution in [1.82, 2.24) is 15.5 Å². The number of carboxylic acid groups (broad SMARTS) is 2. The maximum Gasteiger partial charge on any atom is 0.326 e. The predicted octanol–water partition coefficient (Wildman–Crippen LogP) is -4.24. The fraction of sp³-hybridized carbons (Fsp3) is 0.632. The van der Waals surface area contributed by atoms with E-state index in [2.05, 4.69) is 15.6 Å². The molecule has 4 amide bonds. The van der Waals surface area contributed by atoms with Gasteiger partial charge >= 0.3 is 11.9 Å². The van der Waals surface area contributed by atoms with Gasteiger partial charge in [-0.2, -0.15) is 0 Å². The van der Waals surface area contributed by atoms with Gasteiger partial charge in [0.1, 0.15) is 18.1 Å². The second-order valence-electron chi connectivity index (χ2n) is 7.97. The number of likely N-dealkylation sites (tertiary alicyclic amines) is 1. The lowest BCUT2D eigenvalue weighted by molar-refractivity contribution is -0.149. The molecule has 4 atom stereocenters. The Morgan fingerprint density at radius 1 is 0.971 bits per heavy atom. The van der Waals surface area contributed by atoms with Crippen molar-refractivity contribution in [2.75, 3.05) is 13.1 Å². The average molecular weight is 501 g/mol. The summed E-state index contributed by atoms with van der Waals surface area (Å²) < 4.78 is 0. The molecule has 1 aliphatic heterocycles. The Hall–Kier alpha value is -3.95. The number of aliphatic imine (C=N–C) groups is 1. The Morgan fingerprint density at radius 2 is 1.60 bits per heavy atom. The highest BCUT2D eigenvalue weighted by Crippen LogP contribution is 2.19. The van der Waals surface area contributed by atoms with Crippen LogP contribution in [0.5, 0.6) is 0 Å². The number of carbonyl (C=O) groups excluding carboxylic acids is 4. The van der Waals surface area contributed by atoms with Crippen LogP contribution in [0.3, 0.4) is 0 Å². The lowest BCUT2D eigenvalue weighted by Gasteiger charge is -2.28. The van der Waals surface area contributed by atoms with Crippen molar-refractivity contribution in [3.8, 4) is 0 Å². The second-order valence-corrected chi connectivity index (χ2v) is 7.97. The number of carboxylic acids is 2. The maximum absolute atomic E-state index is 13.0. The maximum atomic E-state index is 13.0. The number of amides is 4. The van der Waals surface area contributed by atoms with Gasteiger partial charge in [-0.25, -0.2) is 4.79 Å². The van der Waals surface area contributed by atoms with Gasteiger partial charge in [0.05, 0.1) is 18.9 Å². The van der Waals surface area contributed by atoms with E-state index < -0.39 is 72.6 Å². The summed E-state index contributed by atoms with van der Waals surface area (Å²) in [7, 11) is 0. The van der Waals surface area contributed by atoms with E-state index in [1.165, 1.54) is 0 Å². The molecular formula is C19H32N8O8. The number of aliphatic carboxylic acids is 2. The molecule has 1 fully saturated rings. The van der Waals surface area contributed by atoms with Crippen LogP contribution in [-0.2, 0) is 28.8 Å². The molecule has 12 N–H and O–H groups in total. The van der Waals surface area contributed by atoms with Gasteiger partial charge in [0, 0.05) is 13.1 Å². The van der Waals surface area contributed by atoms with Crippen LogP contribution in [0.1, 0.15) is 38.5 Å². The number of guanidine groups is 1.